The van der Waals surface area contributed by atoms with Crippen molar-refractivity contribution in [2.24, 2.45) is 0 Å². The van der Waals surface area contributed by atoms with Gasteiger partial charge in [-0.15, -0.1) is 0 Å². The van der Waals surface area contributed by atoms with Crippen molar-refractivity contribution >= 4 is 21.5 Å². The van der Waals surface area contributed by atoms with Gasteiger partial charge in [-0.25, -0.2) is 13.4 Å². The van der Waals surface area contributed by atoms with Crippen LogP contribution in [0, 0.1) is 13.8 Å². The van der Waals surface area contributed by atoms with Crippen LogP contribution in [0.2, 0.25) is 0 Å². The van der Waals surface area contributed by atoms with Gasteiger partial charge in [0.1, 0.15) is 10.7 Å². The molecule has 0 radical (unpaired) electrons. The minimum atomic E-state index is -3.73. The predicted molar refractivity (Wildman–Crippen MR) is 80.2 cm³/mol. The summed E-state index contributed by atoms with van der Waals surface area (Å²) in [7, 11) is -2.26. The van der Waals surface area contributed by atoms with E-state index in [4.69, 9.17) is 5.73 Å². The van der Waals surface area contributed by atoms with Crippen LogP contribution in [0.25, 0.3) is 0 Å². The average molecular weight is 291 g/mol. The number of nitrogens with two attached hydrogens (primary N) is 1. The first-order valence-electron chi connectivity index (χ1n) is 6.11. The molecule has 0 bridgehead atoms. The molecule has 2 aromatic rings. The van der Waals surface area contributed by atoms with Gasteiger partial charge in [0.2, 0.25) is 0 Å². The third-order valence-corrected chi connectivity index (χ3v) is 5.17. The summed E-state index contributed by atoms with van der Waals surface area (Å²) in [6.07, 6.45) is 1.55. The summed E-state index contributed by atoms with van der Waals surface area (Å²) in [5.41, 5.74) is 7.60. The molecule has 0 spiro atoms. The van der Waals surface area contributed by atoms with Crippen molar-refractivity contribution in [2.45, 2.75) is 18.7 Å². The molecule has 0 aliphatic rings. The van der Waals surface area contributed by atoms with E-state index in [9.17, 15) is 8.42 Å². The van der Waals surface area contributed by atoms with Crippen molar-refractivity contribution in [2.75, 3.05) is 17.1 Å². The molecule has 20 heavy (non-hydrogen) atoms. The Morgan fingerprint density at radius 2 is 1.75 bits per heavy atom. The molecular formula is C14H17N3O2S. The van der Waals surface area contributed by atoms with Crippen LogP contribution in [-0.4, -0.2) is 20.4 Å². The van der Waals surface area contributed by atoms with Gasteiger partial charge in [-0.3, -0.25) is 4.31 Å². The van der Waals surface area contributed by atoms with E-state index in [0.717, 1.165) is 9.87 Å². The average Bonchev–Trinajstić information content (AvgIpc) is 2.43. The normalized spacial score (nSPS) is 11.3. The van der Waals surface area contributed by atoms with Crippen molar-refractivity contribution in [3.63, 3.8) is 0 Å². The molecule has 1 aromatic heterocycles. The number of hydrogen-bond acceptors (Lipinski definition) is 4. The molecule has 106 valence electrons. The highest BCUT2D eigenvalue weighted by molar-refractivity contribution is 7.93. The Hall–Kier alpha value is -2.08. The highest BCUT2D eigenvalue weighted by Crippen LogP contribution is 2.29. The number of aromatic nitrogens is 1. The van der Waals surface area contributed by atoms with E-state index in [-0.39, 0.29) is 10.6 Å². The molecule has 1 heterocycles. The van der Waals surface area contributed by atoms with Gasteiger partial charge in [-0.1, -0.05) is 18.2 Å². The lowest BCUT2D eigenvalue weighted by Gasteiger charge is -2.21. The highest BCUT2D eigenvalue weighted by Gasteiger charge is 2.27. The van der Waals surface area contributed by atoms with Crippen LogP contribution < -0.4 is 10.0 Å². The number of hydrogen-bond donors (Lipinski definition) is 1. The standard InChI is InChI=1S/C14H17N3O2S/c1-10-7-8-11(2)14(13(10)15)20(18,19)17(3)12-6-4-5-9-16-12/h4-9H,15H2,1-3H3. The monoisotopic (exact) mass is 291 g/mol. The quantitative estimate of drug-likeness (QED) is 0.879. The van der Waals surface area contributed by atoms with Crippen molar-refractivity contribution in [1.29, 1.82) is 0 Å². The first-order valence-corrected chi connectivity index (χ1v) is 7.55. The fraction of sp³-hybridized carbons (Fsp3) is 0.214. The zero-order valence-corrected chi connectivity index (χ0v) is 12.5. The molecule has 2 rings (SSSR count). The Bertz CT molecular complexity index is 728. The summed E-state index contributed by atoms with van der Waals surface area (Å²) in [6.45, 7) is 3.52. The van der Waals surface area contributed by atoms with Gasteiger partial charge < -0.3 is 5.73 Å². The molecule has 0 saturated carbocycles. The van der Waals surface area contributed by atoms with Gasteiger partial charge in [0.15, 0.2) is 0 Å². The Morgan fingerprint density at radius 1 is 1.10 bits per heavy atom. The van der Waals surface area contributed by atoms with E-state index in [1.165, 1.54) is 7.05 Å². The summed E-state index contributed by atoms with van der Waals surface area (Å²) in [6, 6.07) is 8.67. The highest BCUT2D eigenvalue weighted by atomic mass is 32.2. The molecule has 1 aromatic carbocycles. The van der Waals surface area contributed by atoms with Crippen molar-refractivity contribution in [3.05, 3.63) is 47.7 Å². The van der Waals surface area contributed by atoms with Gasteiger partial charge >= 0.3 is 0 Å². The second kappa shape index (κ2) is 5.13. The fourth-order valence-corrected chi connectivity index (χ4v) is 3.49. The number of anilines is 2. The van der Waals surface area contributed by atoms with Gasteiger partial charge in [0.25, 0.3) is 10.0 Å². The van der Waals surface area contributed by atoms with Gasteiger partial charge in [0, 0.05) is 13.2 Å². The van der Waals surface area contributed by atoms with Crippen LogP contribution in [0.5, 0.6) is 0 Å². The van der Waals surface area contributed by atoms with Crippen LogP contribution in [0.4, 0.5) is 11.5 Å². The number of aryl methyl sites for hydroxylation is 2. The first-order chi connectivity index (χ1) is 9.35. The summed E-state index contributed by atoms with van der Waals surface area (Å²) >= 11 is 0. The molecule has 5 nitrogen and oxygen atoms in total. The Morgan fingerprint density at radius 3 is 2.35 bits per heavy atom. The van der Waals surface area contributed by atoms with Crippen molar-refractivity contribution in [1.82, 2.24) is 4.98 Å². The lowest BCUT2D eigenvalue weighted by molar-refractivity contribution is 0.593. The molecule has 6 heteroatoms. The lowest BCUT2D eigenvalue weighted by Crippen LogP contribution is -2.28. The molecule has 0 atom stereocenters. The Labute approximate surface area is 119 Å². The Kier molecular flexibility index (Phi) is 3.67. The van der Waals surface area contributed by atoms with Crippen LogP contribution in [-0.2, 0) is 10.0 Å². The smallest absolute Gasteiger partial charge is 0.267 e. The third kappa shape index (κ3) is 2.34. The number of pyridine rings is 1. The maximum atomic E-state index is 12.7. The van der Waals surface area contributed by atoms with Crippen LogP contribution in [0.1, 0.15) is 11.1 Å². The SMILES string of the molecule is Cc1ccc(C)c(S(=O)(=O)N(C)c2ccccn2)c1N. The molecule has 0 unspecified atom stereocenters. The maximum Gasteiger partial charge on any atom is 0.267 e. The van der Waals surface area contributed by atoms with Gasteiger partial charge in [0.05, 0.1) is 5.69 Å². The molecule has 0 fully saturated rings. The topological polar surface area (TPSA) is 76.3 Å². The summed E-state index contributed by atoms with van der Waals surface area (Å²) in [5.74, 6) is 0.354. The van der Waals surface area contributed by atoms with Crippen molar-refractivity contribution in [3.8, 4) is 0 Å². The van der Waals surface area contributed by atoms with E-state index in [1.807, 2.05) is 6.07 Å². The molecule has 0 saturated heterocycles. The molecular weight excluding hydrogens is 274 g/mol. The van der Waals surface area contributed by atoms with E-state index in [0.29, 0.717) is 11.4 Å². The lowest BCUT2D eigenvalue weighted by atomic mass is 10.1. The number of rotatable bonds is 3. The van der Waals surface area contributed by atoms with Gasteiger partial charge in [-0.2, -0.15) is 0 Å². The molecule has 2 N–H and O–H groups in total. The largest absolute Gasteiger partial charge is 0.397 e. The minimum Gasteiger partial charge on any atom is -0.397 e. The fourth-order valence-electron chi connectivity index (χ4n) is 1.95. The summed E-state index contributed by atoms with van der Waals surface area (Å²) < 4.78 is 26.6. The molecule has 0 aliphatic heterocycles. The predicted octanol–water partition coefficient (Wildman–Crippen LogP) is 2.11. The third-order valence-electron chi connectivity index (χ3n) is 3.20. The summed E-state index contributed by atoms with van der Waals surface area (Å²) in [5, 5.41) is 0. The van der Waals surface area contributed by atoms with E-state index in [1.54, 1.807) is 44.3 Å². The number of nitrogen functional groups attached to an aromatic ring is 1. The van der Waals surface area contributed by atoms with E-state index in [2.05, 4.69) is 4.98 Å². The second-order valence-corrected chi connectivity index (χ2v) is 6.51. The number of sulfonamides is 1. The van der Waals surface area contributed by atoms with Gasteiger partial charge in [-0.05, 0) is 37.1 Å². The first kappa shape index (κ1) is 14.3. The summed E-state index contributed by atoms with van der Waals surface area (Å²) in [4.78, 5) is 4.20. The Balaban J connectivity index is 2.60. The minimum absolute atomic E-state index is 0.144. The molecule has 0 aliphatic carbocycles. The van der Waals surface area contributed by atoms with Crippen LogP contribution in [0.3, 0.4) is 0 Å². The molecule has 0 amide bonds. The van der Waals surface area contributed by atoms with E-state index < -0.39 is 10.0 Å². The van der Waals surface area contributed by atoms with Crippen molar-refractivity contribution < 1.29 is 8.42 Å². The zero-order chi connectivity index (χ0) is 14.9. The maximum absolute atomic E-state index is 12.7. The van der Waals surface area contributed by atoms with E-state index >= 15 is 0 Å². The zero-order valence-electron chi connectivity index (χ0n) is 11.7. The number of benzene rings is 1. The second-order valence-electron chi connectivity index (χ2n) is 4.60. The number of nitrogens with zero attached hydrogens (tertiary/aromatic N) is 2. The van der Waals surface area contributed by atoms with Crippen LogP contribution >= 0.6 is 0 Å². The van der Waals surface area contributed by atoms with Crippen LogP contribution in [0.15, 0.2) is 41.4 Å².